The van der Waals surface area contributed by atoms with Crippen molar-refractivity contribution in [2.45, 2.75) is 26.2 Å². The van der Waals surface area contributed by atoms with Gasteiger partial charge in [-0.1, -0.05) is 20.8 Å². The molecule has 0 N–H and O–H groups in total. The van der Waals surface area contributed by atoms with Crippen molar-refractivity contribution >= 4 is 0 Å². The minimum absolute atomic E-state index is 0.0306. The molecule has 4 nitrogen and oxygen atoms in total. The van der Waals surface area contributed by atoms with Crippen LogP contribution in [0.15, 0.2) is 18.2 Å². The highest BCUT2D eigenvalue weighted by Crippen LogP contribution is 2.34. The van der Waals surface area contributed by atoms with Crippen molar-refractivity contribution in [3.8, 4) is 11.5 Å². The van der Waals surface area contributed by atoms with Crippen LogP contribution in [-0.2, 0) is 10.2 Å². The number of ether oxygens (including phenoxy) is 3. The Bertz CT molecular complexity index is 448. The topological polar surface area (TPSA) is 30.9 Å². The lowest BCUT2D eigenvalue weighted by Gasteiger charge is -2.27. The van der Waals surface area contributed by atoms with Gasteiger partial charge >= 0.3 is 0 Å². The highest BCUT2D eigenvalue weighted by Gasteiger charge is 2.20. The van der Waals surface area contributed by atoms with Crippen molar-refractivity contribution < 1.29 is 14.2 Å². The van der Waals surface area contributed by atoms with E-state index < -0.39 is 0 Å². The van der Waals surface area contributed by atoms with Gasteiger partial charge in [0.25, 0.3) is 0 Å². The Balaban J connectivity index is 1.98. The second kappa shape index (κ2) is 7.14. The Morgan fingerprint density at radius 3 is 2.52 bits per heavy atom. The SMILES string of the molecule is COc1ccc(OCCN2CCOCC2)c(C(C)(C)C)c1. The molecule has 0 spiro atoms. The van der Waals surface area contributed by atoms with E-state index in [9.17, 15) is 0 Å². The molecule has 1 aliphatic rings. The van der Waals surface area contributed by atoms with E-state index in [1.54, 1.807) is 7.11 Å². The van der Waals surface area contributed by atoms with Crippen LogP contribution in [0.3, 0.4) is 0 Å². The average molecular weight is 293 g/mol. The fourth-order valence-electron chi connectivity index (χ4n) is 2.46. The first-order valence-electron chi connectivity index (χ1n) is 7.62. The normalized spacial score (nSPS) is 16.8. The number of benzene rings is 1. The van der Waals surface area contributed by atoms with E-state index in [0.29, 0.717) is 6.61 Å². The van der Waals surface area contributed by atoms with Crippen LogP contribution in [-0.4, -0.2) is 51.5 Å². The predicted octanol–water partition coefficient (Wildman–Crippen LogP) is 2.70. The van der Waals surface area contributed by atoms with Crippen LogP contribution in [0.25, 0.3) is 0 Å². The van der Waals surface area contributed by atoms with Gasteiger partial charge < -0.3 is 14.2 Å². The summed E-state index contributed by atoms with van der Waals surface area (Å²) in [5.41, 5.74) is 1.21. The smallest absolute Gasteiger partial charge is 0.123 e. The van der Waals surface area contributed by atoms with Gasteiger partial charge in [-0.15, -0.1) is 0 Å². The first-order chi connectivity index (χ1) is 10.0. The Labute approximate surface area is 128 Å². The van der Waals surface area contributed by atoms with E-state index in [-0.39, 0.29) is 5.41 Å². The summed E-state index contributed by atoms with van der Waals surface area (Å²) in [6.07, 6.45) is 0. The maximum absolute atomic E-state index is 6.03. The molecule has 0 radical (unpaired) electrons. The molecule has 1 aromatic rings. The van der Waals surface area contributed by atoms with Crippen LogP contribution in [0.5, 0.6) is 11.5 Å². The summed E-state index contributed by atoms with van der Waals surface area (Å²) in [5.74, 6) is 1.83. The van der Waals surface area contributed by atoms with Crippen molar-refractivity contribution in [2.75, 3.05) is 46.6 Å². The summed E-state index contributed by atoms with van der Waals surface area (Å²) >= 11 is 0. The molecule has 21 heavy (non-hydrogen) atoms. The molecule has 0 atom stereocenters. The molecule has 1 aliphatic heterocycles. The number of hydrogen-bond donors (Lipinski definition) is 0. The molecule has 2 rings (SSSR count). The van der Waals surface area contributed by atoms with E-state index in [1.807, 2.05) is 12.1 Å². The highest BCUT2D eigenvalue weighted by atomic mass is 16.5. The molecule has 1 saturated heterocycles. The summed E-state index contributed by atoms with van der Waals surface area (Å²) in [7, 11) is 1.70. The quantitative estimate of drug-likeness (QED) is 0.835. The third-order valence-electron chi connectivity index (χ3n) is 3.76. The number of hydrogen-bond acceptors (Lipinski definition) is 4. The zero-order valence-corrected chi connectivity index (χ0v) is 13.6. The van der Waals surface area contributed by atoms with Gasteiger partial charge in [-0.3, -0.25) is 4.90 Å². The first kappa shape index (κ1) is 16.1. The maximum atomic E-state index is 6.03. The van der Waals surface area contributed by atoms with E-state index in [1.165, 1.54) is 5.56 Å². The molecule has 1 fully saturated rings. The molecule has 4 heteroatoms. The fourth-order valence-corrected chi connectivity index (χ4v) is 2.46. The summed E-state index contributed by atoms with van der Waals surface area (Å²) in [6.45, 7) is 11.9. The molecule has 0 saturated carbocycles. The highest BCUT2D eigenvalue weighted by molar-refractivity contribution is 5.44. The molecule has 0 amide bonds. The van der Waals surface area contributed by atoms with E-state index in [0.717, 1.165) is 44.3 Å². The molecular weight excluding hydrogens is 266 g/mol. The van der Waals surface area contributed by atoms with Gasteiger partial charge in [0.2, 0.25) is 0 Å². The summed E-state index contributed by atoms with van der Waals surface area (Å²) < 4.78 is 16.7. The molecule has 0 bridgehead atoms. The molecule has 0 aromatic heterocycles. The van der Waals surface area contributed by atoms with Crippen LogP contribution in [0.1, 0.15) is 26.3 Å². The van der Waals surface area contributed by atoms with Crippen LogP contribution in [0.4, 0.5) is 0 Å². The zero-order valence-electron chi connectivity index (χ0n) is 13.6. The fraction of sp³-hybridized carbons (Fsp3) is 0.647. The zero-order chi connectivity index (χ0) is 15.3. The number of methoxy groups -OCH3 is 1. The third-order valence-corrected chi connectivity index (χ3v) is 3.76. The molecule has 1 heterocycles. The second-order valence-corrected chi connectivity index (χ2v) is 6.41. The lowest BCUT2D eigenvalue weighted by molar-refractivity contribution is 0.0321. The van der Waals surface area contributed by atoms with Gasteiger partial charge in [0.1, 0.15) is 18.1 Å². The van der Waals surface area contributed by atoms with E-state index >= 15 is 0 Å². The Kier molecular flexibility index (Phi) is 5.48. The number of nitrogens with zero attached hydrogens (tertiary/aromatic N) is 1. The molecular formula is C17H27NO3. The molecule has 0 aliphatic carbocycles. The minimum Gasteiger partial charge on any atom is -0.497 e. The number of rotatable bonds is 5. The van der Waals surface area contributed by atoms with Crippen LogP contribution >= 0.6 is 0 Å². The molecule has 1 aromatic carbocycles. The minimum atomic E-state index is 0.0306. The summed E-state index contributed by atoms with van der Waals surface area (Å²) in [5, 5.41) is 0. The predicted molar refractivity (Wildman–Crippen MR) is 84.4 cm³/mol. The lowest BCUT2D eigenvalue weighted by Crippen LogP contribution is -2.38. The van der Waals surface area contributed by atoms with Gasteiger partial charge in [-0.2, -0.15) is 0 Å². The van der Waals surface area contributed by atoms with Crippen LogP contribution < -0.4 is 9.47 Å². The van der Waals surface area contributed by atoms with Gasteiger partial charge in [0, 0.05) is 25.2 Å². The number of morpholine rings is 1. The van der Waals surface area contributed by atoms with Gasteiger partial charge in [0.05, 0.1) is 20.3 Å². The second-order valence-electron chi connectivity index (χ2n) is 6.41. The lowest BCUT2D eigenvalue weighted by atomic mass is 9.86. The summed E-state index contributed by atoms with van der Waals surface area (Å²) in [4.78, 5) is 2.38. The Morgan fingerprint density at radius 2 is 1.90 bits per heavy atom. The Morgan fingerprint density at radius 1 is 1.19 bits per heavy atom. The van der Waals surface area contributed by atoms with Gasteiger partial charge in [-0.25, -0.2) is 0 Å². The third kappa shape index (κ3) is 4.61. The van der Waals surface area contributed by atoms with Crippen molar-refractivity contribution in [1.29, 1.82) is 0 Å². The Hall–Kier alpha value is -1.26. The summed E-state index contributed by atoms with van der Waals surface area (Å²) in [6, 6.07) is 6.04. The molecule has 118 valence electrons. The largest absolute Gasteiger partial charge is 0.497 e. The van der Waals surface area contributed by atoms with E-state index in [4.69, 9.17) is 14.2 Å². The van der Waals surface area contributed by atoms with Crippen molar-refractivity contribution in [1.82, 2.24) is 4.90 Å². The van der Waals surface area contributed by atoms with Gasteiger partial charge in [-0.05, 0) is 23.6 Å². The van der Waals surface area contributed by atoms with Crippen LogP contribution in [0, 0.1) is 0 Å². The monoisotopic (exact) mass is 293 g/mol. The molecule has 0 unspecified atom stereocenters. The average Bonchev–Trinajstić information content (AvgIpc) is 2.47. The standard InChI is InChI=1S/C17H27NO3/c1-17(2,3)15-13-14(19-4)5-6-16(15)21-12-9-18-7-10-20-11-8-18/h5-6,13H,7-12H2,1-4H3. The van der Waals surface area contributed by atoms with Crippen LogP contribution in [0.2, 0.25) is 0 Å². The van der Waals surface area contributed by atoms with Crippen molar-refractivity contribution in [3.05, 3.63) is 23.8 Å². The van der Waals surface area contributed by atoms with E-state index in [2.05, 4.69) is 31.7 Å². The van der Waals surface area contributed by atoms with Crippen molar-refractivity contribution in [2.24, 2.45) is 0 Å². The van der Waals surface area contributed by atoms with Crippen molar-refractivity contribution in [3.63, 3.8) is 0 Å². The maximum Gasteiger partial charge on any atom is 0.123 e. The first-order valence-corrected chi connectivity index (χ1v) is 7.62. The van der Waals surface area contributed by atoms with Gasteiger partial charge in [0.15, 0.2) is 0 Å².